The largest absolute Gasteiger partial charge is 0.497 e. The van der Waals surface area contributed by atoms with Gasteiger partial charge in [0.2, 0.25) is 21.9 Å². The Kier molecular flexibility index (Phi) is 8.06. The van der Waals surface area contributed by atoms with Crippen LogP contribution in [0.5, 0.6) is 5.75 Å². The van der Waals surface area contributed by atoms with Crippen LogP contribution in [0.2, 0.25) is 0 Å². The van der Waals surface area contributed by atoms with E-state index in [1.54, 1.807) is 16.7 Å². The molecule has 1 fully saturated rings. The second kappa shape index (κ2) is 11.8. The Morgan fingerprint density at radius 2 is 1.74 bits per heavy atom. The van der Waals surface area contributed by atoms with Gasteiger partial charge in [-0.15, -0.1) is 0 Å². The number of para-hydroxylation sites is 1. The number of aromatic nitrogens is 2. The highest BCUT2D eigenvalue weighted by atomic mass is 32.2. The molecular weight excluding hydrogens is 516 g/mol. The molecule has 9 nitrogen and oxygen atoms in total. The first-order chi connectivity index (χ1) is 18.9. The molecular formula is C29H30N4O5S. The Hall–Kier alpha value is -3.99. The first-order valence-electron chi connectivity index (χ1n) is 12.7. The van der Waals surface area contributed by atoms with E-state index in [9.17, 15) is 13.2 Å². The molecule has 1 saturated heterocycles. The summed E-state index contributed by atoms with van der Waals surface area (Å²) < 4.78 is 41.0. The number of anilines is 1. The fourth-order valence-electron chi connectivity index (χ4n) is 4.49. The van der Waals surface area contributed by atoms with Gasteiger partial charge in [-0.05, 0) is 49.2 Å². The van der Waals surface area contributed by atoms with Crippen molar-refractivity contribution in [1.82, 2.24) is 13.9 Å². The normalized spacial score (nSPS) is 15.4. The molecule has 4 aromatic rings. The number of ether oxygens (including phenoxy) is 2. The van der Waals surface area contributed by atoms with E-state index in [1.807, 2.05) is 66.9 Å². The number of nitrogens with zero attached hydrogens (tertiary/aromatic N) is 3. The number of nitrogens with one attached hydrogen (secondary N) is 1. The van der Waals surface area contributed by atoms with Crippen molar-refractivity contribution < 1.29 is 22.7 Å². The maximum atomic E-state index is 13.6. The Bertz CT molecular complexity index is 1500. The minimum absolute atomic E-state index is 0.0736. The molecule has 1 amide bonds. The van der Waals surface area contributed by atoms with Gasteiger partial charge >= 0.3 is 0 Å². The number of rotatable bonds is 10. The molecule has 0 saturated carbocycles. The number of amides is 1. The minimum atomic E-state index is -3.99. The molecule has 202 valence electrons. The van der Waals surface area contributed by atoms with Crippen molar-refractivity contribution in [2.24, 2.45) is 0 Å². The third kappa shape index (κ3) is 6.19. The summed E-state index contributed by atoms with van der Waals surface area (Å²) in [6.07, 6.45) is 3.15. The minimum Gasteiger partial charge on any atom is -0.497 e. The molecule has 10 heteroatoms. The van der Waals surface area contributed by atoms with E-state index in [0.29, 0.717) is 24.0 Å². The molecule has 0 aliphatic carbocycles. The predicted octanol–water partition coefficient (Wildman–Crippen LogP) is 4.36. The lowest BCUT2D eigenvalue weighted by molar-refractivity contribution is -0.116. The van der Waals surface area contributed by atoms with Gasteiger partial charge in [0.1, 0.15) is 5.75 Å². The van der Waals surface area contributed by atoms with Gasteiger partial charge < -0.3 is 9.47 Å². The zero-order chi connectivity index (χ0) is 27.2. The molecule has 1 aliphatic heterocycles. The van der Waals surface area contributed by atoms with Crippen LogP contribution >= 0.6 is 0 Å². The van der Waals surface area contributed by atoms with E-state index in [1.165, 1.54) is 23.5 Å². The van der Waals surface area contributed by atoms with Gasteiger partial charge in [0, 0.05) is 30.6 Å². The monoisotopic (exact) mass is 546 g/mol. The van der Waals surface area contributed by atoms with Crippen LogP contribution in [-0.4, -0.2) is 61.1 Å². The predicted molar refractivity (Wildman–Crippen MR) is 148 cm³/mol. The molecule has 0 bridgehead atoms. The second-order valence-electron chi connectivity index (χ2n) is 9.18. The lowest BCUT2D eigenvalue weighted by Gasteiger charge is -2.24. The Morgan fingerprint density at radius 3 is 2.38 bits per heavy atom. The van der Waals surface area contributed by atoms with Gasteiger partial charge in [-0.2, -0.15) is 4.31 Å². The average molecular weight is 547 g/mol. The number of imidazole rings is 1. The number of benzene rings is 3. The zero-order valence-electron chi connectivity index (χ0n) is 21.6. The molecule has 0 unspecified atom stereocenters. The number of hydrogen-bond donors (Lipinski definition) is 1. The van der Waals surface area contributed by atoms with Gasteiger partial charge in [-0.25, -0.2) is 13.4 Å². The quantitative estimate of drug-likeness (QED) is 0.317. The van der Waals surface area contributed by atoms with Crippen molar-refractivity contribution in [3.8, 4) is 22.7 Å². The fraction of sp³-hybridized carbons (Fsp3) is 0.241. The van der Waals surface area contributed by atoms with Crippen molar-refractivity contribution in [3.63, 3.8) is 0 Å². The molecule has 1 N–H and O–H groups in total. The van der Waals surface area contributed by atoms with Crippen molar-refractivity contribution in [2.45, 2.75) is 23.8 Å². The van der Waals surface area contributed by atoms with Crippen LogP contribution < -0.4 is 10.1 Å². The number of carbonyl (C=O) groups is 1. The van der Waals surface area contributed by atoms with E-state index in [-0.39, 0.29) is 17.5 Å². The first-order valence-corrected chi connectivity index (χ1v) is 14.1. The van der Waals surface area contributed by atoms with Crippen LogP contribution in [0.1, 0.15) is 12.8 Å². The van der Waals surface area contributed by atoms with Gasteiger partial charge in [-0.1, -0.05) is 48.5 Å². The van der Waals surface area contributed by atoms with Gasteiger partial charge in [0.25, 0.3) is 0 Å². The van der Waals surface area contributed by atoms with E-state index in [2.05, 4.69) is 10.3 Å². The average Bonchev–Trinajstić information content (AvgIpc) is 3.64. The summed E-state index contributed by atoms with van der Waals surface area (Å²) in [6, 6.07) is 25.3. The molecule has 2 heterocycles. The summed E-state index contributed by atoms with van der Waals surface area (Å²) in [7, 11) is -2.48. The summed E-state index contributed by atoms with van der Waals surface area (Å²) in [4.78, 5) is 18.1. The molecule has 1 aromatic heterocycles. The van der Waals surface area contributed by atoms with E-state index < -0.39 is 22.5 Å². The second-order valence-corrected chi connectivity index (χ2v) is 11.1. The number of hydrogen-bond acceptors (Lipinski definition) is 6. The summed E-state index contributed by atoms with van der Waals surface area (Å²) >= 11 is 0. The van der Waals surface area contributed by atoms with Crippen LogP contribution in [0.4, 0.5) is 5.95 Å². The zero-order valence-corrected chi connectivity index (χ0v) is 22.4. The van der Waals surface area contributed by atoms with Crippen molar-refractivity contribution in [2.75, 3.05) is 32.1 Å². The number of sulfonamides is 1. The van der Waals surface area contributed by atoms with Crippen LogP contribution in [-0.2, 0) is 19.6 Å². The molecule has 0 spiro atoms. The molecule has 5 rings (SSSR count). The van der Waals surface area contributed by atoms with Crippen molar-refractivity contribution in [3.05, 3.63) is 91.1 Å². The Balaban J connectivity index is 1.42. The van der Waals surface area contributed by atoms with E-state index in [4.69, 9.17) is 9.47 Å². The number of carbonyl (C=O) groups excluding carboxylic acids is 1. The first kappa shape index (κ1) is 26.6. The Labute approximate surface area is 228 Å². The van der Waals surface area contributed by atoms with Gasteiger partial charge in [0.15, 0.2) is 0 Å². The summed E-state index contributed by atoms with van der Waals surface area (Å²) in [5, 5.41) is 2.84. The third-order valence-corrected chi connectivity index (χ3v) is 8.34. The maximum absolute atomic E-state index is 13.6. The van der Waals surface area contributed by atoms with Crippen molar-refractivity contribution >= 4 is 21.9 Å². The third-order valence-electron chi connectivity index (χ3n) is 6.51. The summed E-state index contributed by atoms with van der Waals surface area (Å²) in [6.45, 7) is 0.255. The summed E-state index contributed by atoms with van der Waals surface area (Å²) in [5.41, 5.74) is 2.38. The molecule has 1 aliphatic rings. The SMILES string of the molecule is COc1ccc(S(=O)(=O)N(CC(=O)Nc2nc(-c3ccccc3)cn2-c2ccccc2)C[C@H]2CCCO2)cc1. The lowest BCUT2D eigenvalue weighted by Crippen LogP contribution is -2.42. The topological polar surface area (TPSA) is 103 Å². The molecule has 1 atom stereocenters. The van der Waals surface area contributed by atoms with Gasteiger partial charge in [0.05, 0.1) is 30.3 Å². The summed E-state index contributed by atoms with van der Waals surface area (Å²) in [5.74, 6) is 0.329. The van der Waals surface area contributed by atoms with E-state index >= 15 is 0 Å². The molecule has 39 heavy (non-hydrogen) atoms. The maximum Gasteiger partial charge on any atom is 0.243 e. The highest BCUT2D eigenvalue weighted by Gasteiger charge is 2.31. The van der Waals surface area contributed by atoms with Crippen LogP contribution in [0.3, 0.4) is 0 Å². The van der Waals surface area contributed by atoms with Gasteiger partial charge in [-0.3, -0.25) is 14.7 Å². The Morgan fingerprint density at radius 1 is 1.05 bits per heavy atom. The van der Waals surface area contributed by atoms with Crippen LogP contribution in [0.15, 0.2) is 96.0 Å². The fourth-order valence-corrected chi connectivity index (χ4v) is 5.91. The standard InChI is InChI=1S/C29H30N4O5S/c1-37-24-14-16-26(17-15-24)39(35,36)32(19-25-13-8-18-38-25)21-28(34)31-29-30-27(22-9-4-2-5-10-22)20-33(29)23-11-6-3-7-12-23/h2-7,9-12,14-17,20,25H,8,13,18-19,21H2,1H3,(H,30,31,34)/t25-/m1/s1. The molecule has 3 aromatic carbocycles. The van der Waals surface area contributed by atoms with E-state index in [0.717, 1.165) is 24.1 Å². The van der Waals surface area contributed by atoms with Crippen LogP contribution in [0, 0.1) is 0 Å². The van der Waals surface area contributed by atoms with Crippen molar-refractivity contribution in [1.29, 1.82) is 0 Å². The highest BCUT2D eigenvalue weighted by Crippen LogP contribution is 2.25. The molecule has 0 radical (unpaired) electrons. The van der Waals surface area contributed by atoms with Crippen LogP contribution in [0.25, 0.3) is 16.9 Å². The lowest BCUT2D eigenvalue weighted by atomic mass is 10.2. The number of methoxy groups -OCH3 is 1. The smallest absolute Gasteiger partial charge is 0.243 e. The highest BCUT2D eigenvalue weighted by molar-refractivity contribution is 7.89.